The number of alkyl carbamates (subject to hydrolysis) is 2. The minimum Gasteiger partial charge on any atom is -0.480 e. The van der Waals surface area contributed by atoms with Crippen molar-refractivity contribution in [1.29, 1.82) is 0 Å². The topological polar surface area (TPSA) is 181 Å². The molecule has 2 atom stereocenters. The van der Waals surface area contributed by atoms with Crippen molar-refractivity contribution in [2.45, 2.75) is 81.3 Å². The smallest absolute Gasteiger partial charge is 0.407 e. The summed E-state index contributed by atoms with van der Waals surface area (Å²) in [5.74, 6) is -1.63. The Hall–Kier alpha value is -2.60. The molecule has 0 rings (SSSR count). The van der Waals surface area contributed by atoms with Crippen molar-refractivity contribution in [3.8, 4) is 0 Å². The Balaban J connectivity index is 0. The number of aliphatic hydroxyl groups is 2. The normalized spacial score (nSPS) is 13.8. The minimum atomic E-state index is -1.11. The highest BCUT2D eigenvalue weighted by atomic mass is 16.6. The van der Waals surface area contributed by atoms with Crippen molar-refractivity contribution in [2.24, 2.45) is 21.7 Å². The van der Waals surface area contributed by atoms with Crippen LogP contribution in [0.15, 0.2) is 0 Å². The lowest BCUT2D eigenvalue weighted by Gasteiger charge is -2.29. The van der Waals surface area contributed by atoms with Gasteiger partial charge in [-0.15, -0.1) is 0 Å². The molecule has 12 heteroatoms. The number of carbonyl (C=O) groups is 4. The van der Waals surface area contributed by atoms with Crippen LogP contribution in [0.25, 0.3) is 0 Å². The van der Waals surface area contributed by atoms with Crippen molar-refractivity contribution in [3.05, 3.63) is 0 Å². The average Bonchev–Trinajstić information content (AvgIpc) is 2.76. The second-order valence-electron chi connectivity index (χ2n) is 12.5. The summed E-state index contributed by atoms with van der Waals surface area (Å²) in [5.41, 5.74) is -2.16. The molecule has 0 aromatic heterocycles. The molecule has 0 bridgehead atoms. The Kier molecular flexibility index (Phi) is 14.8. The summed E-state index contributed by atoms with van der Waals surface area (Å²) in [6, 6.07) is -1.82. The van der Waals surface area contributed by atoms with E-state index in [-0.39, 0.29) is 26.4 Å². The fraction of sp³-hybridized carbons (Fsp3) is 0.840. The number of hydrogen-bond acceptors (Lipinski definition) is 9. The zero-order valence-corrected chi connectivity index (χ0v) is 24.2. The molecule has 0 radical (unpaired) electrons. The van der Waals surface area contributed by atoms with Gasteiger partial charge in [0.1, 0.15) is 25.3 Å². The zero-order chi connectivity index (χ0) is 29.8. The van der Waals surface area contributed by atoms with Crippen LogP contribution in [0, 0.1) is 21.7 Å². The molecule has 0 unspecified atom stereocenters. The maximum atomic E-state index is 11.7. The standard InChI is InChI=1S/C13H25NO5.C12H23NO5/c1-12(2,3)9(10(16)18-6)14-11(17)19-8-13(4,5)7-15;1-11(2,3)8(9(15)16)13-10(17)18-7-12(4,5)6-14/h9,15H,7-8H2,1-6H3,(H,14,17);8,14H,6-7H2,1-5H3,(H,13,17)(H,15,16)/t9-;8-/m11/s1. The maximum Gasteiger partial charge on any atom is 0.407 e. The molecule has 0 aromatic rings. The fourth-order valence-electron chi connectivity index (χ4n) is 2.33. The first-order valence-corrected chi connectivity index (χ1v) is 11.9. The number of aliphatic carboxylic acids is 1. The summed E-state index contributed by atoms with van der Waals surface area (Å²) in [5, 5.41) is 31.9. The minimum absolute atomic E-state index is 0.0197. The van der Waals surface area contributed by atoms with E-state index in [0.717, 1.165) is 0 Å². The first kappa shape index (κ1) is 36.6. The molecular weight excluding hydrogens is 488 g/mol. The van der Waals surface area contributed by atoms with Gasteiger partial charge in [-0.3, -0.25) is 0 Å². The molecule has 0 spiro atoms. The molecule has 218 valence electrons. The van der Waals surface area contributed by atoms with Gasteiger partial charge in [-0.2, -0.15) is 0 Å². The number of carbonyl (C=O) groups excluding carboxylic acids is 3. The number of aliphatic hydroxyl groups excluding tert-OH is 2. The van der Waals surface area contributed by atoms with E-state index in [1.165, 1.54) is 7.11 Å². The molecule has 0 aromatic carbocycles. The van der Waals surface area contributed by atoms with E-state index in [1.807, 2.05) is 20.8 Å². The predicted molar refractivity (Wildman–Crippen MR) is 137 cm³/mol. The number of ether oxygens (including phenoxy) is 3. The second kappa shape index (κ2) is 15.0. The highest BCUT2D eigenvalue weighted by Crippen LogP contribution is 2.21. The predicted octanol–water partition coefficient (Wildman–Crippen LogP) is 2.55. The molecule has 0 heterocycles. The summed E-state index contributed by atoms with van der Waals surface area (Å²) < 4.78 is 14.6. The summed E-state index contributed by atoms with van der Waals surface area (Å²) in [6.45, 7) is 17.4. The SMILES string of the molecule is CC(C)(CO)COC(=O)N[C@H](C(=O)O)C(C)(C)C.COC(=O)[C@@H](NC(=O)OCC(C)(C)CO)C(C)(C)C. The van der Waals surface area contributed by atoms with Gasteiger partial charge in [0.2, 0.25) is 0 Å². The third-order valence-electron chi connectivity index (χ3n) is 4.98. The Labute approximate surface area is 220 Å². The lowest BCUT2D eigenvalue weighted by atomic mass is 9.87. The largest absolute Gasteiger partial charge is 0.480 e. The molecule has 0 saturated carbocycles. The monoisotopic (exact) mass is 536 g/mol. The molecular formula is C25H48N2O10. The van der Waals surface area contributed by atoms with Crippen LogP contribution in [-0.2, 0) is 23.8 Å². The van der Waals surface area contributed by atoms with Gasteiger partial charge < -0.3 is 40.2 Å². The number of esters is 1. The molecule has 5 N–H and O–H groups in total. The van der Waals surface area contributed by atoms with Crippen molar-refractivity contribution >= 4 is 24.1 Å². The Morgan fingerprint density at radius 1 is 0.676 bits per heavy atom. The first-order valence-electron chi connectivity index (χ1n) is 11.9. The quantitative estimate of drug-likeness (QED) is 0.206. The Morgan fingerprint density at radius 3 is 1.24 bits per heavy atom. The van der Waals surface area contributed by atoms with E-state index in [9.17, 15) is 19.2 Å². The number of methoxy groups -OCH3 is 1. The van der Waals surface area contributed by atoms with Crippen LogP contribution in [0.4, 0.5) is 9.59 Å². The summed E-state index contributed by atoms with van der Waals surface area (Å²) >= 11 is 0. The lowest BCUT2D eigenvalue weighted by molar-refractivity contribution is -0.146. The highest BCUT2D eigenvalue weighted by Gasteiger charge is 2.35. The van der Waals surface area contributed by atoms with Crippen LogP contribution < -0.4 is 10.6 Å². The van der Waals surface area contributed by atoms with Crippen molar-refractivity contribution in [3.63, 3.8) is 0 Å². The van der Waals surface area contributed by atoms with E-state index >= 15 is 0 Å². The van der Waals surface area contributed by atoms with Crippen molar-refractivity contribution in [2.75, 3.05) is 33.5 Å². The van der Waals surface area contributed by atoms with Crippen LogP contribution in [0.5, 0.6) is 0 Å². The zero-order valence-electron chi connectivity index (χ0n) is 24.2. The summed E-state index contributed by atoms with van der Waals surface area (Å²) in [7, 11) is 1.27. The van der Waals surface area contributed by atoms with Gasteiger partial charge in [-0.1, -0.05) is 69.2 Å². The summed E-state index contributed by atoms with van der Waals surface area (Å²) in [6.07, 6.45) is -1.49. The van der Waals surface area contributed by atoms with Crippen LogP contribution in [0.1, 0.15) is 69.2 Å². The molecule has 0 aliphatic rings. The van der Waals surface area contributed by atoms with Gasteiger partial charge in [0, 0.05) is 10.8 Å². The van der Waals surface area contributed by atoms with E-state index in [2.05, 4.69) is 15.4 Å². The number of rotatable bonds is 10. The van der Waals surface area contributed by atoms with Gasteiger partial charge in [-0.25, -0.2) is 19.2 Å². The van der Waals surface area contributed by atoms with Gasteiger partial charge in [-0.05, 0) is 10.8 Å². The Bertz CT molecular complexity index is 752. The van der Waals surface area contributed by atoms with Crippen molar-refractivity contribution in [1.82, 2.24) is 10.6 Å². The van der Waals surface area contributed by atoms with E-state index < -0.39 is 57.9 Å². The maximum absolute atomic E-state index is 11.7. The Morgan fingerprint density at radius 2 is 1.00 bits per heavy atom. The molecule has 37 heavy (non-hydrogen) atoms. The van der Waals surface area contributed by atoms with Gasteiger partial charge >= 0.3 is 24.1 Å². The number of hydrogen-bond donors (Lipinski definition) is 5. The lowest BCUT2D eigenvalue weighted by Crippen LogP contribution is -2.50. The average molecular weight is 537 g/mol. The molecule has 0 aliphatic carbocycles. The van der Waals surface area contributed by atoms with E-state index in [0.29, 0.717) is 0 Å². The van der Waals surface area contributed by atoms with E-state index in [4.69, 9.17) is 24.8 Å². The second-order valence-corrected chi connectivity index (χ2v) is 12.5. The molecule has 2 amide bonds. The highest BCUT2D eigenvalue weighted by molar-refractivity contribution is 5.82. The van der Waals surface area contributed by atoms with Crippen LogP contribution >= 0.6 is 0 Å². The van der Waals surface area contributed by atoms with Crippen LogP contribution in [-0.4, -0.2) is 85.1 Å². The summed E-state index contributed by atoms with van der Waals surface area (Å²) in [4.78, 5) is 45.8. The van der Waals surface area contributed by atoms with Gasteiger partial charge in [0.05, 0.1) is 20.3 Å². The molecule has 0 saturated heterocycles. The van der Waals surface area contributed by atoms with E-state index in [1.54, 1.807) is 48.5 Å². The van der Waals surface area contributed by atoms with Gasteiger partial charge in [0.15, 0.2) is 0 Å². The van der Waals surface area contributed by atoms with Crippen LogP contribution in [0.3, 0.4) is 0 Å². The molecule has 0 aliphatic heterocycles. The van der Waals surface area contributed by atoms with Crippen LogP contribution in [0.2, 0.25) is 0 Å². The number of carboxylic acid groups (broad SMARTS) is 1. The third kappa shape index (κ3) is 16.0. The number of nitrogens with one attached hydrogen (secondary N) is 2. The third-order valence-corrected chi connectivity index (χ3v) is 4.98. The van der Waals surface area contributed by atoms with Gasteiger partial charge in [0.25, 0.3) is 0 Å². The first-order chi connectivity index (χ1) is 16.5. The van der Waals surface area contributed by atoms with Crippen molar-refractivity contribution < 1.29 is 48.7 Å². The molecule has 0 fully saturated rings. The number of carboxylic acids is 1. The molecule has 12 nitrogen and oxygen atoms in total. The number of amides is 2. The fourth-order valence-corrected chi connectivity index (χ4v) is 2.33.